The van der Waals surface area contributed by atoms with Crippen molar-refractivity contribution in [2.75, 3.05) is 25.5 Å². The molecule has 210 valence electrons. The third-order valence-corrected chi connectivity index (χ3v) is 6.38. The number of hydrogen-bond acceptors (Lipinski definition) is 6. The first kappa shape index (κ1) is 32.5. The maximum atomic E-state index is 12.3. The number of aromatic nitrogens is 4. The third-order valence-electron chi connectivity index (χ3n) is 6.38. The Morgan fingerprint density at radius 2 is 1.95 bits per heavy atom. The normalized spacial score (nSPS) is 16.5. The second kappa shape index (κ2) is 18.7. The summed E-state index contributed by atoms with van der Waals surface area (Å²) >= 11 is 0. The van der Waals surface area contributed by atoms with Gasteiger partial charge in [-0.2, -0.15) is 10.1 Å². The van der Waals surface area contributed by atoms with E-state index in [1.807, 2.05) is 20.2 Å². The maximum absolute atomic E-state index is 12.3. The minimum Gasteiger partial charge on any atom is -0.368 e. The molecule has 1 aliphatic rings. The van der Waals surface area contributed by atoms with Crippen LogP contribution in [-0.4, -0.2) is 45.6 Å². The van der Waals surface area contributed by atoms with Crippen molar-refractivity contribution >= 4 is 17.5 Å². The summed E-state index contributed by atoms with van der Waals surface area (Å²) in [6.45, 7) is 17.8. The van der Waals surface area contributed by atoms with E-state index in [0.717, 1.165) is 61.9 Å². The van der Waals surface area contributed by atoms with Gasteiger partial charge in [-0.05, 0) is 45.6 Å². The number of fused-ring (bicyclic) bond motifs is 1. The van der Waals surface area contributed by atoms with Crippen molar-refractivity contribution in [1.82, 2.24) is 30.2 Å². The SMILES string of the molecule is C=CC.CCC.CCCNc1nc2nc(C(CCCC(C)CC)NC)cn2nc1CC1CCCNC1=O. The zero-order valence-corrected chi connectivity index (χ0v) is 24.6. The minimum atomic E-state index is -0.0451. The van der Waals surface area contributed by atoms with Gasteiger partial charge in [0.05, 0.1) is 17.9 Å². The molecule has 0 aliphatic carbocycles. The number of carbonyl (C=O) groups is 1. The monoisotopic (exact) mass is 515 g/mol. The van der Waals surface area contributed by atoms with E-state index in [0.29, 0.717) is 12.2 Å². The highest BCUT2D eigenvalue weighted by molar-refractivity contribution is 5.79. The van der Waals surface area contributed by atoms with E-state index in [1.54, 1.807) is 10.6 Å². The zero-order valence-electron chi connectivity index (χ0n) is 24.6. The number of anilines is 1. The maximum Gasteiger partial charge on any atom is 0.252 e. The van der Waals surface area contributed by atoms with Crippen LogP contribution >= 0.6 is 0 Å². The molecular weight excluding hydrogens is 462 g/mol. The topological polar surface area (TPSA) is 96.2 Å². The Bertz CT molecular complexity index is 911. The molecule has 3 heterocycles. The molecule has 0 aromatic carbocycles. The van der Waals surface area contributed by atoms with E-state index in [-0.39, 0.29) is 17.9 Å². The fourth-order valence-corrected chi connectivity index (χ4v) is 4.14. The molecule has 2 aromatic heterocycles. The second-order valence-corrected chi connectivity index (χ2v) is 9.98. The molecule has 1 fully saturated rings. The van der Waals surface area contributed by atoms with Crippen LogP contribution in [0.25, 0.3) is 5.78 Å². The van der Waals surface area contributed by atoms with Crippen molar-refractivity contribution in [3.05, 3.63) is 30.2 Å². The average molecular weight is 516 g/mol. The largest absolute Gasteiger partial charge is 0.368 e. The molecule has 0 radical (unpaired) electrons. The van der Waals surface area contributed by atoms with Crippen LogP contribution in [0.1, 0.15) is 110 Å². The van der Waals surface area contributed by atoms with Crippen LogP contribution in [0.2, 0.25) is 0 Å². The number of rotatable bonds is 12. The smallest absolute Gasteiger partial charge is 0.252 e. The van der Waals surface area contributed by atoms with E-state index in [2.05, 4.69) is 57.1 Å². The Balaban J connectivity index is 0.00000104. The Labute approximate surface area is 225 Å². The fourth-order valence-electron chi connectivity index (χ4n) is 4.14. The van der Waals surface area contributed by atoms with Gasteiger partial charge in [0.2, 0.25) is 5.91 Å². The van der Waals surface area contributed by atoms with Crippen molar-refractivity contribution < 1.29 is 4.79 Å². The molecule has 3 N–H and O–H groups in total. The molecule has 0 spiro atoms. The van der Waals surface area contributed by atoms with Crippen LogP contribution < -0.4 is 16.0 Å². The molecule has 1 aliphatic heterocycles. The predicted octanol–water partition coefficient (Wildman–Crippen LogP) is 6.10. The first-order chi connectivity index (χ1) is 17.9. The molecule has 8 nitrogen and oxygen atoms in total. The van der Waals surface area contributed by atoms with E-state index < -0.39 is 0 Å². The zero-order chi connectivity index (χ0) is 27.6. The molecule has 1 amide bonds. The van der Waals surface area contributed by atoms with E-state index in [4.69, 9.17) is 15.1 Å². The number of allylic oxidation sites excluding steroid dienone is 1. The third kappa shape index (κ3) is 11.2. The molecule has 3 rings (SSSR count). The van der Waals surface area contributed by atoms with E-state index in [9.17, 15) is 4.79 Å². The minimum absolute atomic E-state index is 0.0451. The standard InChI is InChI=1S/C23H39N7O.C3H8.C3H6/c1-5-12-25-21-19(14-17-10-8-13-26-22(17)31)29-30-15-20(27-23(30)28-21)18(24-4)11-7-9-16(3)6-2;2*1-3-2/h15-18,24H,5-14H2,1-4H3,(H,26,31)(H,25,27,28);3H2,1-2H3;3H,1H2,2H3. The molecule has 37 heavy (non-hydrogen) atoms. The van der Waals surface area contributed by atoms with Crippen molar-refractivity contribution in [3.8, 4) is 0 Å². The summed E-state index contributed by atoms with van der Waals surface area (Å²) in [6, 6.07) is 0.187. The lowest BCUT2D eigenvalue weighted by molar-refractivity contribution is -0.126. The molecule has 3 atom stereocenters. The Kier molecular flexibility index (Phi) is 16.5. The molecule has 0 saturated carbocycles. The summed E-state index contributed by atoms with van der Waals surface area (Å²) in [5.74, 6) is 2.19. The van der Waals surface area contributed by atoms with Gasteiger partial charge in [0, 0.05) is 25.4 Å². The Hall–Kier alpha value is -2.48. The molecule has 8 heteroatoms. The fraction of sp³-hybridized carbons (Fsp3) is 0.724. The highest BCUT2D eigenvalue weighted by Gasteiger charge is 2.25. The average Bonchev–Trinajstić information content (AvgIpc) is 3.29. The number of hydrogen-bond donors (Lipinski definition) is 3. The summed E-state index contributed by atoms with van der Waals surface area (Å²) < 4.78 is 1.78. The quantitative estimate of drug-likeness (QED) is 0.296. The van der Waals surface area contributed by atoms with Crippen molar-refractivity contribution in [1.29, 1.82) is 0 Å². The van der Waals surface area contributed by atoms with Gasteiger partial charge >= 0.3 is 0 Å². The van der Waals surface area contributed by atoms with Crippen molar-refractivity contribution in [2.24, 2.45) is 11.8 Å². The highest BCUT2D eigenvalue weighted by atomic mass is 16.1. The van der Waals surface area contributed by atoms with Crippen molar-refractivity contribution in [2.45, 2.75) is 105 Å². The van der Waals surface area contributed by atoms with Crippen LogP contribution in [0.5, 0.6) is 0 Å². The summed E-state index contributed by atoms with van der Waals surface area (Å²) in [6.07, 6.45) is 13.2. The number of nitrogens with zero attached hydrogens (tertiary/aromatic N) is 4. The lowest BCUT2D eigenvalue weighted by Gasteiger charge is -2.22. The number of nitrogens with one attached hydrogen (secondary N) is 3. The number of piperidine rings is 1. The first-order valence-corrected chi connectivity index (χ1v) is 14.4. The summed E-state index contributed by atoms with van der Waals surface area (Å²) in [5.41, 5.74) is 1.81. The van der Waals surface area contributed by atoms with Gasteiger partial charge < -0.3 is 16.0 Å². The lowest BCUT2D eigenvalue weighted by Crippen LogP contribution is -2.37. The summed E-state index contributed by atoms with van der Waals surface area (Å²) in [4.78, 5) is 21.8. The van der Waals surface area contributed by atoms with Gasteiger partial charge in [0.15, 0.2) is 5.82 Å². The molecular formula is C29H53N7O. The van der Waals surface area contributed by atoms with Crippen molar-refractivity contribution in [3.63, 3.8) is 0 Å². The van der Waals surface area contributed by atoms with Crippen LogP contribution in [0.4, 0.5) is 5.82 Å². The lowest BCUT2D eigenvalue weighted by atomic mass is 9.93. The number of carbonyl (C=O) groups excluding carboxylic acids is 1. The van der Waals surface area contributed by atoms with Crippen LogP contribution in [-0.2, 0) is 11.2 Å². The molecule has 1 saturated heterocycles. The Morgan fingerprint density at radius 3 is 2.54 bits per heavy atom. The molecule has 2 aromatic rings. The summed E-state index contributed by atoms with van der Waals surface area (Å²) in [5, 5.41) is 14.6. The number of amides is 1. The highest BCUT2D eigenvalue weighted by Crippen LogP contribution is 2.24. The molecule has 0 bridgehead atoms. The van der Waals surface area contributed by atoms with Crippen LogP contribution in [0.3, 0.4) is 0 Å². The number of imidazole rings is 1. The van der Waals surface area contributed by atoms with E-state index in [1.165, 1.54) is 25.7 Å². The predicted molar refractivity (Wildman–Crippen MR) is 156 cm³/mol. The van der Waals surface area contributed by atoms with Gasteiger partial charge in [0.1, 0.15) is 5.69 Å². The van der Waals surface area contributed by atoms with Gasteiger partial charge in [-0.15, -0.1) is 6.58 Å². The van der Waals surface area contributed by atoms with Gasteiger partial charge in [0.25, 0.3) is 5.78 Å². The van der Waals surface area contributed by atoms with Gasteiger partial charge in [-0.1, -0.05) is 66.4 Å². The first-order valence-electron chi connectivity index (χ1n) is 14.4. The van der Waals surface area contributed by atoms with Crippen LogP contribution in [0, 0.1) is 11.8 Å². The van der Waals surface area contributed by atoms with Gasteiger partial charge in [-0.25, -0.2) is 9.50 Å². The van der Waals surface area contributed by atoms with E-state index >= 15 is 0 Å². The second-order valence-electron chi connectivity index (χ2n) is 9.98. The summed E-state index contributed by atoms with van der Waals surface area (Å²) in [7, 11) is 1.99. The van der Waals surface area contributed by atoms with Crippen LogP contribution in [0.15, 0.2) is 18.9 Å². The Morgan fingerprint density at radius 1 is 1.24 bits per heavy atom. The molecule has 3 unspecified atom stereocenters. The van der Waals surface area contributed by atoms with Gasteiger partial charge in [-0.3, -0.25) is 4.79 Å².